The molecular weight excluding hydrogens is 416 g/mol. The third-order valence-electron chi connectivity index (χ3n) is 5.58. The second-order valence-electron chi connectivity index (χ2n) is 7.81. The predicted molar refractivity (Wildman–Crippen MR) is 109 cm³/mol. The van der Waals surface area contributed by atoms with Crippen LogP contribution in [0.25, 0.3) is 0 Å². The van der Waals surface area contributed by atoms with Crippen LogP contribution in [-0.2, 0) is 14.4 Å². The first-order chi connectivity index (χ1) is 13.7. The Bertz CT molecular complexity index is 827. The van der Waals surface area contributed by atoms with E-state index >= 15 is 0 Å². The average Bonchev–Trinajstić information content (AvgIpc) is 3.27. The molecule has 2 saturated heterocycles. The Morgan fingerprint density at radius 1 is 1.41 bits per heavy atom. The van der Waals surface area contributed by atoms with Crippen LogP contribution in [0.15, 0.2) is 21.8 Å². The summed E-state index contributed by atoms with van der Waals surface area (Å²) in [5.74, 6) is -1.98. The molecular formula is C18H24N4O5S2. The molecule has 0 aromatic rings. The van der Waals surface area contributed by atoms with Crippen LogP contribution in [-0.4, -0.2) is 98.2 Å². The van der Waals surface area contributed by atoms with Gasteiger partial charge in [0.2, 0.25) is 11.8 Å². The molecule has 0 aliphatic carbocycles. The zero-order chi connectivity index (χ0) is 21.0. The number of carbonyl (C=O) groups excluding carboxylic acids is 2. The largest absolute Gasteiger partial charge is 0.477 e. The van der Waals surface area contributed by atoms with Crippen molar-refractivity contribution >= 4 is 41.3 Å². The van der Waals surface area contributed by atoms with Crippen molar-refractivity contribution in [3.63, 3.8) is 0 Å². The summed E-state index contributed by atoms with van der Waals surface area (Å²) in [5.41, 5.74) is 1.12. The fraction of sp³-hybridized carbons (Fsp3) is 0.611. The molecule has 1 unspecified atom stereocenters. The maximum absolute atomic E-state index is 12.3. The molecule has 0 bridgehead atoms. The van der Waals surface area contributed by atoms with Crippen LogP contribution >= 0.6 is 23.5 Å². The Morgan fingerprint density at radius 3 is 2.76 bits per heavy atom. The topological polar surface area (TPSA) is 105 Å². The number of carboxylic acid groups (broad SMARTS) is 1. The fourth-order valence-electron chi connectivity index (χ4n) is 4.01. The van der Waals surface area contributed by atoms with E-state index in [4.69, 9.17) is 0 Å². The first-order valence-electron chi connectivity index (χ1n) is 9.42. The Kier molecular flexibility index (Phi) is 5.24. The van der Waals surface area contributed by atoms with Crippen molar-refractivity contribution in [2.75, 3.05) is 33.9 Å². The van der Waals surface area contributed by atoms with Crippen molar-refractivity contribution < 1.29 is 24.6 Å². The molecule has 0 saturated carbocycles. The Balaban J connectivity index is 1.50. The molecule has 4 aliphatic rings. The monoisotopic (exact) mass is 440 g/mol. The van der Waals surface area contributed by atoms with Crippen LogP contribution in [0, 0.1) is 5.92 Å². The maximum atomic E-state index is 12.3. The number of hydrogen-bond acceptors (Lipinski definition) is 8. The summed E-state index contributed by atoms with van der Waals surface area (Å²) >= 11 is 2.83. The molecule has 2 N–H and O–H groups in total. The summed E-state index contributed by atoms with van der Waals surface area (Å²) < 4.78 is 0.620. The van der Waals surface area contributed by atoms with Crippen molar-refractivity contribution in [2.24, 2.45) is 5.92 Å². The number of aliphatic hydroxyl groups excluding tert-OH is 1. The quantitative estimate of drug-likeness (QED) is 0.559. The third-order valence-corrected chi connectivity index (χ3v) is 8.48. The summed E-state index contributed by atoms with van der Waals surface area (Å²) in [4.78, 5) is 43.2. The number of rotatable bonds is 6. The lowest BCUT2D eigenvalue weighted by Crippen LogP contribution is -2.60. The molecule has 0 aromatic heterocycles. The number of carboxylic acids is 1. The molecule has 158 valence electrons. The van der Waals surface area contributed by atoms with Crippen molar-refractivity contribution in [3.8, 4) is 0 Å². The van der Waals surface area contributed by atoms with E-state index in [2.05, 4.69) is 4.90 Å². The highest BCUT2D eigenvalue weighted by molar-refractivity contribution is 8.23. The molecule has 4 heterocycles. The van der Waals surface area contributed by atoms with Crippen LogP contribution in [0.1, 0.15) is 13.3 Å². The Hall–Kier alpha value is -1.85. The third kappa shape index (κ3) is 3.38. The fourth-order valence-corrected chi connectivity index (χ4v) is 7.31. The van der Waals surface area contributed by atoms with Gasteiger partial charge in [-0.3, -0.25) is 14.5 Å². The zero-order valence-corrected chi connectivity index (χ0v) is 18.1. The van der Waals surface area contributed by atoms with Gasteiger partial charge in [0, 0.05) is 32.5 Å². The van der Waals surface area contributed by atoms with Gasteiger partial charge in [-0.15, -0.1) is 11.8 Å². The van der Waals surface area contributed by atoms with E-state index in [1.54, 1.807) is 25.9 Å². The van der Waals surface area contributed by atoms with Gasteiger partial charge >= 0.3 is 5.97 Å². The summed E-state index contributed by atoms with van der Waals surface area (Å²) in [6.07, 6.45) is 2.06. The molecule has 9 nitrogen and oxygen atoms in total. The molecule has 4 atom stereocenters. The molecule has 0 radical (unpaired) electrons. The van der Waals surface area contributed by atoms with Gasteiger partial charge < -0.3 is 24.9 Å². The number of nitrogens with zero attached hydrogens (tertiary/aromatic N) is 4. The minimum Gasteiger partial charge on any atom is -0.477 e. The van der Waals surface area contributed by atoms with Gasteiger partial charge in [-0.2, -0.15) is 0 Å². The molecule has 0 spiro atoms. The lowest BCUT2D eigenvalue weighted by molar-refractivity contribution is -0.156. The van der Waals surface area contributed by atoms with Crippen molar-refractivity contribution in [1.29, 1.82) is 0 Å². The van der Waals surface area contributed by atoms with Gasteiger partial charge in [0.15, 0.2) is 5.70 Å². The van der Waals surface area contributed by atoms with Crippen molar-refractivity contribution in [3.05, 3.63) is 21.8 Å². The molecule has 2 fully saturated rings. The highest BCUT2D eigenvalue weighted by atomic mass is 32.2. The van der Waals surface area contributed by atoms with E-state index in [0.717, 1.165) is 18.7 Å². The molecule has 2 amide bonds. The molecule has 4 aliphatic heterocycles. The normalized spacial score (nSPS) is 29.0. The lowest BCUT2D eigenvalue weighted by atomic mass is 9.92. The van der Waals surface area contributed by atoms with E-state index in [0.29, 0.717) is 17.5 Å². The number of aliphatic hydroxyl groups is 1. The highest BCUT2D eigenvalue weighted by Gasteiger charge is 2.58. The van der Waals surface area contributed by atoms with Gasteiger partial charge in [-0.25, -0.2) is 4.79 Å². The summed E-state index contributed by atoms with van der Waals surface area (Å²) in [6, 6.07) is 0. The van der Waals surface area contributed by atoms with Gasteiger partial charge in [0.25, 0.3) is 0 Å². The smallest absolute Gasteiger partial charge is 0.354 e. The maximum Gasteiger partial charge on any atom is 0.354 e. The Labute approximate surface area is 177 Å². The highest BCUT2D eigenvalue weighted by Crippen LogP contribution is 2.56. The molecule has 4 rings (SSSR count). The number of aliphatic carboxylic acids is 1. The van der Waals surface area contributed by atoms with E-state index in [1.165, 1.54) is 28.4 Å². The number of β-lactam (4-membered cyclic amide) rings is 1. The van der Waals surface area contributed by atoms with Crippen LogP contribution in [0.3, 0.4) is 0 Å². The summed E-state index contributed by atoms with van der Waals surface area (Å²) in [7, 11) is 3.46. The first-order valence-corrected chi connectivity index (χ1v) is 11.2. The van der Waals surface area contributed by atoms with E-state index in [1.807, 2.05) is 11.1 Å². The zero-order valence-electron chi connectivity index (χ0n) is 16.4. The van der Waals surface area contributed by atoms with Gasteiger partial charge in [0.1, 0.15) is 5.37 Å². The van der Waals surface area contributed by atoms with Crippen LogP contribution in [0.5, 0.6) is 0 Å². The number of thioether (sulfide) groups is 2. The van der Waals surface area contributed by atoms with Gasteiger partial charge in [0.05, 0.1) is 34.7 Å². The molecule has 0 aromatic carbocycles. The van der Waals surface area contributed by atoms with Crippen LogP contribution in [0.2, 0.25) is 0 Å². The van der Waals surface area contributed by atoms with Crippen molar-refractivity contribution in [1.82, 2.24) is 19.6 Å². The number of hydrogen-bond donors (Lipinski definition) is 2. The summed E-state index contributed by atoms with van der Waals surface area (Å²) in [6.45, 7) is 3.37. The number of amides is 2. The second kappa shape index (κ2) is 7.44. The van der Waals surface area contributed by atoms with Crippen molar-refractivity contribution in [2.45, 2.75) is 30.1 Å². The standard InChI is InChI=1S/C18H24N4O5S2/c1-9(23)13-15(25)22-14(17(26)27)18(29-16(13)22)28-11-4-5-21-8-20(6-10(11)21)7-12(24)19(2)3/h6,9,11,13,16,23H,4-5,7-8H2,1-3H3,(H,26,27)/t9-,11?,13+,16-/m1/s1. The molecule has 29 heavy (non-hydrogen) atoms. The van der Waals surface area contributed by atoms with E-state index in [9.17, 15) is 24.6 Å². The van der Waals surface area contributed by atoms with Gasteiger partial charge in [-0.05, 0) is 13.3 Å². The van der Waals surface area contributed by atoms with Crippen LogP contribution in [0.4, 0.5) is 0 Å². The van der Waals surface area contributed by atoms with E-state index < -0.39 is 18.0 Å². The van der Waals surface area contributed by atoms with Crippen LogP contribution < -0.4 is 0 Å². The Morgan fingerprint density at radius 2 is 2.14 bits per heavy atom. The minimum absolute atomic E-state index is 0.0292. The SMILES string of the molecule is C[C@@H](O)[C@H]1C(=O)N2C(C(=O)O)=C(SC3CCN4CN(CC(=O)N(C)C)C=C34)S[C@H]12. The average molecular weight is 441 g/mol. The number of carbonyl (C=O) groups is 3. The molecule has 11 heteroatoms. The summed E-state index contributed by atoms with van der Waals surface area (Å²) in [5, 5.41) is 19.3. The predicted octanol–water partition coefficient (Wildman–Crippen LogP) is 0.162. The lowest BCUT2D eigenvalue weighted by Gasteiger charge is -2.43. The number of likely N-dealkylation sites (N-methyl/N-ethyl adjacent to an activating group) is 1. The second-order valence-corrected chi connectivity index (χ2v) is 10.4. The van der Waals surface area contributed by atoms with Gasteiger partial charge in [-0.1, -0.05) is 11.8 Å². The first kappa shape index (κ1) is 20.4. The minimum atomic E-state index is -1.12. The number of fused-ring (bicyclic) bond motifs is 2. The van der Waals surface area contributed by atoms with E-state index in [-0.39, 0.29) is 28.1 Å².